The number of anilines is 1. The summed E-state index contributed by atoms with van der Waals surface area (Å²) >= 11 is 1.59. The molecule has 1 saturated heterocycles. The second-order valence-corrected chi connectivity index (χ2v) is 6.19. The number of pyridine rings is 1. The molecule has 1 fully saturated rings. The van der Waals surface area contributed by atoms with Crippen LogP contribution in [0.4, 0.5) is 5.82 Å². The molecule has 1 aliphatic heterocycles. The van der Waals surface area contributed by atoms with Crippen LogP contribution in [0.25, 0.3) is 6.08 Å². The maximum absolute atomic E-state index is 12.2. The average Bonchev–Trinajstić information content (AvgIpc) is 2.99. The van der Waals surface area contributed by atoms with Crippen LogP contribution in [0.5, 0.6) is 0 Å². The fraction of sp³-hybridized carbons (Fsp3) is 0.312. The summed E-state index contributed by atoms with van der Waals surface area (Å²) in [6.07, 6.45) is 5.20. The van der Waals surface area contributed by atoms with Gasteiger partial charge >= 0.3 is 0 Å². The molecule has 1 amide bonds. The quantitative estimate of drug-likeness (QED) is 0.815. The van der Waals surface area contributed by atoms with Crippen LogP contribution in [-0.4, -0.2) is 47.0 Å². The van der Waals surface area contributed by atoms with Crippen LogP contribution >= 0.6 is 11.3 Å². The van der Waals surface area contributed by atoms with E-state index in [1.807, 2.05) is 35.4 Å². The lowest BCUT2D eigenvalue weighted by Crippen LogP contribution is -2.48. The number of carbonyl (C=O) groups excluding carboxylic acids is 1. The molecule has 6 heteroatoms. The minimum atomic E-state index is 0.0475. The molecule has 22 heavy (non-hydrogen) atoms. The molecule has 3 heterocycles. The Morgan fingerprint density at radius 1 is 1.27 bits per heavy atom. The van der Waals surface area contributed by atoms with Crippen LogP contribution in [0, 0.1) is 6.92 Å². The van der Waals surface area contributed by atoms with Gasteiger partial charge in [-0.1, -0.05) is 6.07 Å². The molecule has 3 rings (SSSR count). The van der Waals surface area contributed by atoms with Crippen LogP contribution < -0.4 is 4.90 Å². The summed E-state index contributed by atoms with van der Waals surface area (Å²) in [5, 5.41) is 2.97. The van der Waals surface area contributed by atoms with Gasteiger partial charge in [-0.25, -0.2) is 9.97 Å². The van der Waals surface area contributed by atoms with Crippen LogP contribution in [0.2, 0.25) is 0 Å². The second-order valence-electron chi connectivity index (χ2n) is 5.12. The Bertz CT molecular complexity index is 660. The van der Waals surface area contributed by atoms with Gasteiger partial charge in [0.15, 0.2) is 0 Å². The van der Waals surface area contributed by atoms with Crippen molar-refractivity contribution in [2.75, 3.05) is 31.1 Å². The van der Waals surface area contributed by atoms with Crippen molar-refractivity contribution >= 4 is 29.1 Å². The molecule has 0 bridgehead atoms. The third-order valence-corrected chi connectivity index (χ3v) is 4.39. The van der Waals surface area contributed by atoms with Crippen LogP contribution in [0.1, 0.15) is 10.7 Å². The SMILES string of the molecule is Cc1nc(/C=C\C(=O)N2CCN(c3ccccn3)CC2)cs1. The summed E-state index contributed by atoms with van der Waals surface area (Å²) in [5.74, 6) is 1.02. The molecular formula is C16H18N4OS. The fourth-order valence-corrected chi connectivity index (χ4v) is 3.00. The molecule has 0 spiro atoms. The first-order valence-corrected chi connectivity index (χ1v) is 8.15. The largest absolute Gasteiger partial charge is 0.353 e. The second kappa shape index (κ2) is 6.70. The van der Waals surface area contributed by atoms with Crippen molar-refractivity contribution in [1.29, 1.82) is 0 Å². The van der Waals surface area contributed by atoms with E-state index in [1.54, 1.807) is 29.7 Å². The van der Waals surface area contributed by atoms with Crippen molar-refractivity contribution in [2.45, 2.75) is 6.92 Å². The molecular weight excluding hydrogens is 296 g/mol. The number of piperazine rings is 1. The number of hydrogen-bond acceptors (Lipinski definition) is 5. The Balaban J connectivity index is 1.55. The summed E-state index contributed by atoms with van der Waals surface area (Å²) in [6.45, 7) is 5.02. The summed E-state index contributed by atoms with van der Waals surface area (Å²) < 4.78 is 0. The van der Waals surface area contributed by atoms with Crippen molar-refractivity contribution < 1.29 is 4.79 Å². The Labute approximate surface area is 133 Å². The lowest BCUT2D eigenvalue weighted by Gasteiger charge is -2.34. The highest BCUT2D eigenvalue weighted by atomic mass is 32.1. The molecule has 0 unspecified atom stereocenters. The maximum Gasteiger partial charge on any atom is 0.246 e. The predicted molar refractivity (Wildman–Crippen MR) is 88.9 cm³/mol. The van der Waals surface area contributed by atoms with Crippen molar-refractivity contribution in [2.24, 2.45) is 0 Å². The average molecular weight is 314 g/mol. The molecule has 0 aromatic carbocycles. The van der Waals surface area contributed by atoms with Gasteiger partial charge in [-0.05, 0) is 25.1 Å². The number of amides is 1. The topological polar surface area (TPSA) is 49.3 Å². The first-order valence-electron chi connectivity index (χ1n) is 7.27. The van der Waals surface area contributed by atoms with Crippen molar-refractivity contribution in [3.63, 3.8) is 0 Å². The number of aromatic nitrogens is 2. The molecule has 0 N–H and O–H groups in total. The monoisotopic (exact) mass is 314 g/mol. The Kier molecular flexibility index (Phi) is 4.48. The maximum atomic E-state index is 12.2. The minimum Gasteiger partial charge on any atom is -0.353 e. The zero-order chi connectivity index (χ0) is 15.4. The zero-order valence-corrected chi connectivity index (χ0v) is 13.3. The summed E-state index contributed by atoms with van der Waals surface area (Å²) in [4.78, 5) is 25.0. The normalized spacial score (nSPS) is 15.5. The zero-order valence-electron chi connectivity index (χ0n) is 12.5. The first-order chi connectivity index (χ1) is 10.7. The molecule has 0 saturated carbocycles. The number of nitrogens with zero attached hydrogens (tertiary/aromatic N) is 4. The highest BCUT2D eigenvalue weighted by Gasteiger charge is 2.20. The Hall–Kier alpha value is -2.21. The molecule has 1 aliphatic rings. The number of hydrogen-bond donors (Lipinski definition) is 0. The van der Waals surface area contributed by atoms with Gasteiger partial charge in [-0.2, -0.15) is 0 Å². The molecule has 5 nitrogen and oxygen atoms in total. The lowest BCUT2D eigenvalue weighted by atomic mass is 10.3. The molecule has 2 aromatic rings. The highest BCUT2D eigenvalue weighted by molar-refractivity contribution is 7.09. The van der Waals surface area contributed by atoms with E-state index < -0.39 is 0 Å². The summed E-state index contributed by atoms with van der Waals surface area (Å²) in [7, 11) is 0. The van der Waals surface area contributed by atoms with E-state index in [9.17, 15) is 4.79 Å². The predicted octanol–water partition coefficient (Wildman–Crippen LogP) is 2.21. The molecule has 0 aliphatic carbocycles. The smallest absolute Gasteiger partial charge is 0.246 e. The van der Waals surface area contributed by atoms with E-state index in [2.05, 4.69) is 14.9 Å². The van der Waals surface area contributed by atoms with Crippen molar-refractivity contribution in [3.8, 4) is 0 Å². The number of carbonyl (C=O) groups is 1. The van der Waals surface area contributed by atoms with E-state index in [0.717, 1.165) is 42.7 Å². The van der Waals surface area contributed by atoms with Gasteiger partial charge in [0.1, 0.15) is 5.82 Å². The Morgan fingerprint density at radius 2 is 2.09 bits per heavy atom. The van der Waals surface area contributed by atoms with Gasteiger partial charge in [0.2, 0.25) is 5.91 Å². The fourth-order valence-electron chi connectivity index (χ4n) is 2.42. The summed E-state index contributed by atoms with van der Waals surface area (Å²) in [5.41, 5.74) is 0.850. The van der Waals surface area contributed by atoms with Gasteiger partial charge in [0.25, 0.3) is 0 Å². The van der Waals surface area contributed by atoms with Gasteiger partial charge in [-0.15, -0.1) is 11.3 Å². The van der Waals surface area contributed by atoms with E-state index in [-0.39, 0.29) is 5.91 Å². The van der Waals surface area contributed by atoms with Crippen LogP contribution in [0.3, 0.4) is 0 Å². The number of aryl methyl sites for hydroxylation is 1. The van der Waals surface area contributed by atoms with Gasteiger partial charge in [0, 0.05) is 43.8 Å². The number of rotatable bonds is 3. The number of thiazole rings is 1. The van der Waals surface area contributed by atoms with E-state index in [1.165, 1.54) is 0 Å². The lowest BCUT2D eigenvalue weighted by molar-refractivity contribution is -0.126. The highest BCUT2D eigenvalue weighted by Crippen LogP contribution is 2.13. The minimum absolute atomic E-state index is 0.0475. The molecule has 0 atom stereocenters. The summed E-state index contributed by atoms with van der Waals surface area (Å²) in [6, 6.07) is 5.90. The van der Waals surface area contributed by atoms with Crippen LogP contribution in [0.15, 0.2) is 35.9 Å². The molecule has 114 valence electrons. The third kappa shape index (κ3) is 3.51. The Morgan fingerprint density at radius 3 is 2.73 bits per heavy atom. The first kappa shape index (κ1) is 14.7. The van der Waals surface area contributed by atoms with Gasteiger partial charge in [-0.3, -0.25) is 4.79 Å². The standard InChI is InChI=1S/C16H18N4OS/c1-13-18-14(12-22-13)5-6-16(21)20-10-8-19(9-11-20)15-4-2-3-7-17-15/h2-7,12H,8-11H2,1H3/b6-5-. The van der Waals surface area contributed by atoms with Gasteiger partial charge < -0.3 is 9.80 Å². The van der Waals surface area contributed by atoms with Gasteiger partial charge in [0.05, 0.1) is 10.7 Å². The molecule has 0 radical (unpaired) electrons. The van der Waals surface area contributed by atoms with E-state index >= 15 is 0 Å². The van der Waals surface area contributed by atoms with E-state index in [0.29, 0.717) is 0 Å². The van der Waals surface area contributed by atoms with Crippen molar-refractivity contribution in [1.82, 2.24) is 14.9 Å². The molecule has 2 aromatic heterocycles. The van der Waals surface area contributed by atoms with Crippen LogP contribution in [-0.2, 0) is 4.79 Å². The van der Waals surface area contributed by atoms with E-state index in [4.69, 9.17) is 0 Å². The van der Waals surface area contributed by atoms with Crippen molar-refractivity contribution in [3.05, 3.63) is 46.6 Å². The third-order valence-electron chi connectivity index (χ3n) is 3.60.